The third-order valence-electron chi connectivity index (χ3n) is 4.03. The molecule has 2 aromatic carbocycles. The van der Waals surface area contributed by atoms with Crippen molar-refractivity contribution in [3.05, 3.63) is 66.5 Å². The van der Waals surface area contributed by atoms with Crippen LogP contribution in [0.4, 0.5) is 0 Å². The molecule has 138 valence electrons. The molecule has 0 aliphatic heterocycles. The number of hydrogen-bond acceptors (Lipinski definition) is 4. The Kier molecular flexibility index (Phi) is 6.14. The Morgan fingerprint density at radius 3 is 2.30 bits per heavy atom. The van der Waals surface area contributed by atoms with E-state index >= 15 is 0 Å². The van der Waals surface area contributed by atoms with Gasteiger partial charge in [0, 0.05) is 10.6 Å². The Morgan fingerprint density at radius 1 is 0.926 bits per heavy atom. The Labute approximate surface area is 164 Å². The van der Waals surface area contributed by atoms with Crippen LogP contribution < -0.4 is 4.74 Å². The van der Waals surface area contributed by atoms with Crippen molar-refractivity contribution >= 4 is 22.8 Å². The molecule has 0 bridgehead atoms. The number of methoxy groups -OCH3 is 1. The Morgan fingerprint density at radius 2 is 1.63 bits per heavy atom. The van der Waals surface area contributed by atoms with Gasteiger partial charge in [0.1, 0.15) is 22.7 Å². The van der Waals surface area contributed by atoms with E-state index in [4.69, 9.17) is 4.74 Å². The van der Waals surface area contributed by atoms with Crippen LogP contribution in [0.1, 0.15) is 19.4 Å². The minimum absolute atomic E-state index is 0.843. The van der Waals surface area contributed by atoms with Gasteiger partial charge in [0.15, 0.2) is 0 Å². The highest BCUT2D eigenvalue weighted by Crippen LogP contribution is 2.33. The average molecular weight is 378 g/mol. The number of H-pyrrole nitrogens is 1. The van der Waals surface area contributed by atoms with Gasteiger partial charge in [0.05, 0.1) is 12.5 Å². The van der Waals surface area contributed by atoms with Crippen molar-refractivity contribution in [2.75, 3.05) is 7.11 Å². The van der Waals surface area contributed by atoms with Crippen LogP contribution in [0.5, 0.6) is 5.75 Å². The first kappa shape index (κ1) is 19.0. The van der Waals surface area contributed by atoms with Gasteiger partial charge in [-0.2, -0.15) is 0 Å². The normalized spacial score (nSPS) is 10.4. The van der Waals surface area contributed by atoms with Crippen molar-refractivity contribution in [3.8, 4) is 17.0 Å². The van der Waals surface area contributed by atoms with E-state index in [1.54, 1.807) is 25.2 Å². The minimum atomic E-state index is 0.843. The van der Waals surface area contributed by atoms with Crippen LogP contribution in [0.3, 0.4) is 0 Å². The third kappa shape index (κ3) is 4.31. The lowest BCUT2D eigenvalue weighted by atomic mass is 10.1. The van der Waals surface area contributed by atoms with Crippen LogP contribution in [0, 0.1) is 6.92 Å². The van der Waals surface area contributed by atoms with E-state index in [-0.39, 0.29) is 0 Å². The van der Waals surface area contributed by atoms with Gasteiger partial charge >= 0.3 is 0 Å². The maximum atomic E-state index is 5.22. The molecule has 0 saturated heterocycles. The molecule has 0 fully saturated rings. The maximum Gasteiger partial charge on any atom is 0.142 e. The fourth-order valence-corrected chi connectivity index (χ4v) is 3.50. The fourth-order valence-electron chi connectivity index (χ4n) is 2.64. The van der Waals surface area contributed by atoms with Gasteiger partial charge in [-0.3, -0.25) is 0 Å². The summed E-state index contributed by atoms with van der Waals surface area (Å²) < 4.78 is 5.22. The SMILES string of the molecule is CC.COc1ccc(-c2cc3c(Sc4ccc(C)cc4)ncnc3[nH]2)cc1. The summed E-state index contributed by atoms with van der Waals surface area (Å²) in [7, 11) is 1.67. The quantitative estimate of drug-likeness (QED) is 0.435. The number of aromatic amines is 1. The van der Waals surface area contributed by atoms with Crippen molar-refractivity contribution in [1.82, 2.24) is 15.0 Å². The number of benzene rings is 2. The number of nitrogens with zero attached hydrogens (tertiary/aromatic N) is 2. The first-order chi connectivity index (χ1) is 13.2. The Hall–Kier alpha value is -2.79. The summed E-state index contributed by atoms with van der Waals surface area (Å²) in [6, 6.07) is 18.5. The van der Waals surface area contributed by atoms with Crippen molar-refractivity contribution in [2.45, 2.75) is 30.7 Å². The summed E-state index contributed by atoms with van der Waals surface area (Å²) in [5.74, 6) is 0.843. The lowest BCUT2D eigenvalue weighted by Gasteiger charge is -2.02. The second-order valence-electron chi connectivity index (χ2n) is 5.77. The standard InChI is InChI=1S/C20H17N3OS.C2H6/c1-13-3-9-16(10-4-13)25-20-17-11-18(23-19(17)21-12-22-20)14-5-7-15(24-2)8-6-14;1-2/h3-12H,1-2H3,(H,21,22,23);1-2H3. The van der Waals surface area contributed by atoms with Gasteiger partial charge in [0.25, 0.3) is 0 Å². The zero-order chi connectivity index (χ0) is 19.2. The molecule has 0 atom stereocenters. The Bertz CT molecular complexity index is 1010. The highest BCUT2D eigenvalue weighted by atomic mass is 32.2. The molecule has 4 nitrogen and oxygen atoms in total. The van der Waals surface area contributed by atoms with Crippen LogP contribution in [-0.4, -0.2) is 22.1 Å². The molecule has 0 aliphatic rings. The van der Waals surface area contributed by atoms with Crippen molar-refractivity contribution in [3.63, 3.8) is 0 Å². The predicted molar refractivity (Wildman–Crippen MR) is 113 cm³/mol. The third-order valence-corrected chi connectivity index (χ3v) is 5.05. The second-order valence-corrected chi connectivity index (χ2v) is 6.83. The number of aromatic nitrogens is 3. The number of hydrogen-bond donors (Lipinski definition) is 1. The first-order valence-electron chi connectivity index (χ1n) is 8.95. The van der Waals surface area contributed by atoms with Crippen LogP contribution in [0.15, 0.2) is 70.8 Å². The smallest absolute Gasteiger partial charge is 0.142 e. The summed E-state index contributed by atoms with van der Waals surface area (Å²) in [6.07, 6.45) is 1.60. The summed E-state index contributed by atoms with van der Waals surface area (Å²) in [5, 5.41) is 1.98. The second kappa shape index (κ2) is 8.73. The van der Waals surface area contributed by atoms with E-state index in [0.29, 0.717) is 0 Å². The van der Waals surface area contributed by atoms with E-state index in [9.17, 15) is 0 Å². The van der Waals surface area contributed by atoms with Crippen LogP contribution in [0.25, 0.3) is 22.3 Å². The van der Waals surface area contributed by atoms with E-state index in [1.807, 2.05) is 38.1 Å². The highest BCUT2D eigenvalue weighted by Gasteiger charge is 2.11. The molecule has 0 spiro atoms. The number of rotatable bonds is 4. The predicted octanol–water partition coefficient (Wildman–Crippen LogP) is 6.12. The van der Waals surface area contributed by atoms with Gasteiger partial charge in [-0.15, -0.1) is 0 Å². The molecule has 0 radical (unpaired) electrons. The average Bonchev–Trinajstić information content (AvgIpc) is 3.17. The van der Waals surface area contributed by atoms with Crippen LogP contribution >= 0.6 is 11.8 Å². The van der Waals surface area contributed by atoms with Gasteiger partial charge < -0.3 is 9.72 Å². The molecule has 0 aliphatic carbocycles. The van der Waals surface area contributed by atoms with E-state index in [2.05, 4.69) is 52.2 Å². The number of aryl methyl sites for hydroxylation is 1. The highest BCUT2D eigenvalue weighted by molar-refractivity contribution is 7.99. The van der Waals surface area contributed by atoms with Gasteiger partial charge in [0.2, 0.25) is 0 Å². The topological polar surface area (TPSA) is 50.8 Å². The number of ether oxygens (including phenoxy) is 1. The molecule has 0 saturated carbocycles. The van der Waals surface area contributed by atoms with Gasteiger partial charge in [-0.1, -0.05) is 43.3 Å². The monoisotopic (exact) mass is 377 g/mol. The minimum Gasteiger partial charge on any atom is -0.497 e. The molecule has 2 aromatic heterocycles. The molecule has 27 heavy (non-hydrogen) atoms. The zero-order valence-corrected chi connectivity index (χ0v) is 16.8. The number of nitrogens with one attached hydrogen (secondary N) is 1. The lowest BCUT2D eigenvalue weighted by molar-refractivity contribution is 0.415. The molecule has 2 heterocycles. The molecule has 4 aromatic rings. The largest absolute Gasteiger partial charge is 0.497 e. The summed E-state index contributed by atoms with van der Waals surface area (Å²) in [4.78, 5) is 13.4. The van der Waals surface area contributed by atoms with Gasteiger partial charge in [-0.25, -0.2) is 9.97 Å². The van der Waals surface area contributed by atoms with E-state index < -0.39 is 0 Å². The first-order valence-corrected chi connectivity index (χ1v) is 9.77. The molecule has 1 N–H and O–H groups in total. The molecular weight excluding hydrogens is 354 g/mol. The molecule has 0 unspecified atom stereocenters. The van der Waals surface area contributed by atoms with E-state index in [0.717, 1.165) is 38.0 Å². The molecule has 0 amide bonds. The van der Waals surface area contributed by atoms with Gasteiger partial charge in [-0.05, 0) is 55.0 Å². The van der Waals surface area contributed by atoms with Crippen molar-refractivity contribution in [2.24, 2.45) is 0 Å². The summed E-state index contributed by atoms with van der Waals surface area (Å²) in [6.45, 7) is 6.09. The lowest BCUT2D eigenvalue weighted by Crippen LogP contribution is -1.84. The molecular formula is C22H23N3OS. The van der Waals surface area contributed by atoms with Crippen molar-refractivity contribution in [1.29, 1.82) is 0 Å². The Balaban J connectivity index is 0.00000102. The molecule has 5 heteroatoms. The summed E-state index contributed by atoms with van der Waals surface area (Å²) >= 11 is 1.65. The van der Waals surface area contributed by atoms with Crippen LogP contribution in [0.2, 0.25) is 0 Å². The molecule has 4 rings (SSSR count). The fraction of sp³-hybridized carbons (Fsp3) is 0.182. The summed E-state index contributed by atoms with van der Waals surface area (Å²) in [5.41, 5.74) is 4.20. The van der Waals surface area contributed by atoms with E-state index in [1.165, 1.54) is 5.56 Å². The van der Waals surface area contributed by atoms with Crippen molar-refractivity contribution < 1.29 is 4.74 Å². The zero-order valence-electron chi connectivity index (χ0n) is 16.0. The number of fused-ring (bicyclic) bond motifs is 1. The van der Waals surface area contributed by atoms with Crippen LogP contribution in [-0.2, 0) is 0 Å². The maximum absolute atomic E-state index is 5.22.